The van der Waals surface area contributed by atoms with Gasteiger partial charge < -0.3 is 10.2 Å². The topological polar surface area (TPSA) is 58.1 Å². The third-order valence-corrected chi connectivity index (χ3v) is 5.37. The molecule has 2 aromatic rings. The Bertz CT molecular complexity index is 675. The summed E-state index contributed by atoms with van der Waals surface area (Å²) in [7, 11) is 0. The lowest BCUT2D eigenvalue weighted by Gasteiger charge is -2.30. The van der Waals surface area contributed by atoms with Crippen LogP contribution in [0.5, 0.6) is 0 Å². The molecule has 128 valence electrons. The van der Waals surface area contributed by atoms with E-state index < -0.39 is 0 Å². The van der Waals surface area contributed by atoms with Gasteiger partial charge >= 0.3 is 0 Å². The Labute approximate surface area is 147 Å². The normalized spacial score (nSPS) is 15.5. The molecule has 1 aliphatic rings. The number of hydrogen-bond acceptors (Lipinski definition) is 5. The molecule has 0 radical (unpaired) electrons. The van der Waals surface area contributed by atoms with Crippen molar-refractivity contribution < 1.29 is 4.79 Å². The minimum absolute atomic E-state index is 0.0965. The summed E-state index contributed by atoms with van der Waals surface area (Å²) < 4.78 is 0. The first-order valence-electron chi connectivity index (χ1n) is 8.52. The zero-order valence-corrected chi connectivity index (χ0v) is 15.1. The van der Waals surface area contributed by atoms with Gasteiger partial charge in [-0.3, -0.25) is 4.79 Å². The summed E-state index contributed by atoms with van der Waals surface area (Å²) in [5.41, 5.74) is 0.672. The third kappa shape index (κ3) is 4.32. The van der Waals surface area contributed by atoms with E-state index >= 15 is 0 Å². The highest BCUT2D eigenvalue weighted by atomic mass is 32.1. The zero-order valence-electron chi connectivity index (χ0n) is 14.3. The maximum atomic E-state index is 12.5. The summed E-state index contributed by atoms with van der Waals surface area (Å²) in [4.78, 5) is 24.4. The quantitative estimate of drug-likeness (QED) is 0.903. The molecule has 1 saturated heterocycles. The molecule has 2 aromatic heterocycles. The van der Waals surface area contributed by atoms with Gasteiger partial charge in [0.1, 0.15) is 5.82 Å². The molecule has 0 unspecified atom stereocenters. The summed E-state index contributed by atoms with van der Waals surface area (Å²) in [5.74, 6) is 1.62. The van der Waals surface area contributed by atoms with Gasteiger partial charge in [0.15, 0.2) is 0 Å². The number of nitrogens with zero attached hydrogens (tertiary/aromatic N) is 3. The molecule has 0 saturated carbocycles. The third-order valence-electron chi connectivity index (χ3n) is 4.40. The second-order valence-corrected chi connectivity index (χ2v) is 7.77. The maximum absolute atomic E-state index is 12.5. The van der Waals surface area contributed by atoms with Gasteiger partial charge in [0.2, 0.25) is 0 Å². The number of aromatic nitrogens is 2. The number of pyridine rings is 1. The Morgan fingerprint density at radius 1 is 1.29 bits per heavy atom. The van der Waals surface area contributed by atoms with Crippen molar-refractivity contribution in [3.63, 3.8) is 0 Å². The van der Waals surface area contributed by atoms with Crippen molar-refractivity contribution in [3.8, 4) is 0 Å². The van der Waals surface area contributed by atoms with Crippen molar-refractivity contribution in [2.24, 2.45) is 5.92 Å². The van der Waals surface area contributed by atoms with Crippen LogP contribution in [-0.4, -0.2) is 40.4 Å². The van der Waals surface area contributed by atoms with Crippen molar-refractivity contribution in [2.45, 2.75) is 33.1 Å². The smallest absolute Gasteiger partial charge is 0.255 e. The first-order chi connectivity index (χ1) is 11.6. The summed E-state index contributed by atoms with van der Waals surface area (Å²) in [6.07, 6.45) is 6.65. The van der Waals surface area contributed by atoms with Crippen LogP contribution in [0.3, 0.4) is 0 Å². The molecule has 0 atom stereocenters. The number of likely N-dealkylation sites (tertiary alicyclic amines) is 1. The van der Waals surface area contributed by atoms with Crippen LogP contribution in [0.2, 0.25) is 0 Å². The molecule has 3 heterocycles. The van der Waals surface area contributed by atoms with E-state index in [1.54, 1.807) is 17.5 Å². The van der Waals surface area contributed by atoms with Gasteiger partial charge in [0, 0.05) is 43.3 Å². The number of carbonyl (C=O) groups excluding carboxylic acids is 1. The summed E-state index contributed by atoms with van der Waals surface area (Å²) in [6.45, 7) is 6.81. The number of piperidine rings is 1. The molecule has 1 aliphatic heterocycles. The van der Waals surface area contributed by atoms with E-state index in [1.165, 1.54) is 4.88 Å². The molecule has 0 aromatic carbocycles. The predicted octanol–water partition coefficient (Wildman–Crippen LogP) is 3.37. The molecule has 1 fully saturated rings. The fourth-order valence-electron chi connectivity index (χ4n) is 2.83. The van der Waals surface area contributed by atoms with Crippen LogP contribution in [-0.2, 0) is 6.42 Å². The van der Waals surface area contributed by atoms with E-state index in [1.807, 2.05) is 23.2 Å². The summed E-state index contributed by atoms with van der Waals surface area (Å²) >= 11 is 1.72. The van der Waals surface area contributed by atoms with Gasteiger partial charge in [-0.15, -0.1) is 11.3 Å². The number of carbonyl (C=O) groups is 1. The molecule has 0 bridgehead atoms. The molecule has 5 nitrogen and oxygen atoms in total. The number of thiazole rings is 1. The molecular weight excluding hydrogens is 320 g/mol. The van der Waals surface area contributed by atoms with Gasteiger partial charge in [-0.1, -0.05) is 6.92 Å². The molecule has 0 aliphatic carbocycles. The van der Waals surface area contributed by atoms with Gasteiger partial charge in [-0.2, -0.15) is 0 Å². The van der Waals surface area contributed by atoms with E-state index in [9.17, 15) is 4.79 Å². The van der Waals surface area contributed by atoms with Gasteiger partial charge in [-0.25, -0.2) is 9.97 Å². The zero-order chi connectivity index (χ0) is 16.9. The Balaban J connectivity index is 1.50. The van der Waals surface area contributed by atoms with E-state index in [2.05, 4.69) is 29.1 Å². The molecule has 1 amide bonds. The van der Waals surface area contributed by atoms with Crippen LogP contribution in [0.4, 0.5) is 5.82 Å². The predicted molar refractivity (Wildman–Crippen MR) is 97.6 cm³/mol. The number of rotatable bonds is 5. The van der Waals surface area contributed by atoms with Crippen LogP contribution < -0.4 is 5.32 Å². The van der Waals surface area contributed by atoms with Gasteiger partial charge in [0.25, 0.3) is 5.91 Å². The van der Waals surface area contributed by atoms with Gasteiger partial charge in [0.05, 0.1) is 10.6 Å². The first kappa shape index (κ1) is 16.9. The second kappa shape index (κ2) is 7.75. The fraction of sp³-hybridized carbons (Fsp3) is 0.500. The lowest BCUT2D eigenvalue weighted by Crippen LogP contribution is -2.37. The van der Waals surface area contributed by atoms with Crippen LogP contribution in [0.1, 0.15) is 40.0 Å². The van der Waals surface area contributed by atoms with Crippen LogP contribution in [0.15, 0.2) is 24.5 Å². The molecule has 3 rings (SSSR count). The minimum Gasteiger partial charge on any atom is -0.370 e. The average Bonchev–Trinajstić information content (AvgIpc) is 3.01. The maximum Gasteiger partial charge on any atom is 0.255 e. The molecule has 1 N–H and O–H groups in total. The average molecular weight is 344 g/mol. The molecular formula is C18H24N4OS. The number of anilines is 1. The highest BCUT2D eigenvalue weighted by Gasteiger charge is 2.21. The number of hydrogen-bond donors (Lipinski definition) is 1. The second-order valence-electron chi connectivity index (χ2n) is 6.45. The number of aryl methyl sites for hydroxylation is 1. The largest absolute Gasteiger partial charge is 0.370 e. The van der Waals surface area contributed by atoms with Gasteiger partial charge in [-0.05, 0) is 37.8 Å². The highest BCUT2D eigenvalue weighted by molar-refractivity contribution is 7.11. The number of nitrogens with one attached hydrogen (secondary N) is 1. The first-order valence-corrected chi connectivity index (χ1v) is 9.34. The van der Waals surface area contributed by atoms with E-state index in [0.717, 1.165) is 55.6 Å². The monoisotopic (exact) mass is 344 g/mol. The van der Waals surface area contributed by atoms with Crippen LogP contribution >= 0.6 is 11.3 Å². The molecule has 6 heteroatoms. The van der Waals surface area contributed by atoms with Crippen molar-refractivity contribution in [1.29, 1.82) is 0 Å². The van der Waals surface area contributed by atoms with E-state index in [-0.39, 0.29) is 5.91 Å². The SMILES string of the molecule is Cc1cnc(CCNc2ccc(C(=O)N3CCC(C)CC3)cn2)s1. The fourth-order valence-corrected chi connectivity index (χ4v) is 3.62. The molecule has 24 heavy (non-hydrogen) atoms. The standard InChI is InChI=1S/C18H24N4OS/c1-13-6-9-22(10-7-13)18(23)15-3-4-16(20-12-15)19-8-5-17-21-11-14(2)24-17/h3-4,11-13H,5-10H2,1-2H3,(H,19,20). The lowest BCUT2D eigenvalue weighted by atomic mass is 9.99. The van der Waals surface area contributed by atoms with Crippen molar-refractivity contribution in [3.05, 3.63) is 40.0 Å². The van der Waals surface area contributed by atoms with Crippen molar-refractivity contribution >= 4 is 23.1 Å². The van der Waals surface area contributed by atoms with E-state index in [4.69, 9.17) is 0 Å². The lowest BCUT2D eigenvalue weighted by molar-refractivity contribution is 0.0697. The van der Waals surface area contributed by atoms with Crippen LogP contribution in [0.25, 0.3) is 0 Å². The Morgan fingerprint density at radius 2 is 2.08 bits per heavy atom. The molecule has 0 spiro atoms. The Hall–Kier alpha value is -1.95. The minimum atomic E-state index is 0.0965. The summed E-state index contributed by atoms with van der Waals surface area (Å²) in [6, 6.07) is 3.75. The van der Waals surface area contributed by atoms with Crippen molar-refractivity contribution in [1.82, 2.24) is 14.9 Å². The Kier molecular flexibility index (Phi) is 5.45. The van der Waals surface area contributed by atoms with E-state index in [0.29, 0.717) is 5.56 Å². The highest BCUT2D eigenvalue weighted by Crippen LogP contribution is 2.18. The van der Waals surface area contributed by atoms with Crippen LogP contribution in [0, 0.1) is 12.8 Å². The number of amides is 1. The summed E-state index contributed by atoms with van der Waals surface area (Å²) in [5, 5.41) is 4.42. The van der Waals surface area contributed by atoms with Crippen molar-refractivity contribution in [2.75, 3.05) is 25.0 Å². The Morgan fingerprint density at radius 3 is 2.71 bits per heavy atom.